The highest BCUT2D eigenvalue weighted by Crippen LogP contribution is 2.29. The van der Waals surface area contributed by atoms with Crippen LogP contribution >= 0.6 is 11.3 Å². The number of hydrogen-bond acceptors (Lipinski definition) is 8. The zero-order chi connectivity index (χ0) is 19.9. The lowest BCUT2D eigenvalue weighted by molar-refractivity contribution is -0.119. The molecule has 148 valence electrons. The maximum atomic E-state index is 12.8. The van der Waals surface area contributed by atoms with Gasteiger partial charge in [0.25, 0.3) is 15.9 Å². The topological polar surface area (TPSA) is 123 Å². The summed E-state index contributed by atoms with van der Waals surface area (Å²) in [6.07, 6.45) is 1.03. The van der Waals surface area contributed by atoms with Crippen LogP contribution in [0.5, 0.6) is 0 Å². The molecule has 0 aromatic carbocycles. The van der Waals surface area contributed by atoms with Gasteiger partial charge < -0.3 is 4.42 Å². The quantitative estimate of drug-likeness (QED) is 0.663. The Bertz CT molecular complexity index is 1100. The monoisotopic (exact) mass is 422 g/mol. The second kappa shape index (κ2) is 7.11. The van der Waals surface area contributed by atoms with E-state index in [2.05, 4.69) is 20.6 Å². The molecule has 1 unspecified atom stereocenters. The Hall–Kier alpha value is -2.57. The molecule has 0 bridgehead atoms. The average molecular weight is 422 g/mol. The first kappa shape index (κ1) is 18.8. The molecule has 1 aliphatic heterocycles. The molecule has 0 aliphatic carbocycles. The van der Waals surface area contributed by atoms with Crippen molar-refractivity contribution in [2.45, 2.75) is 30.0 Å². The third kappa shape index (κ3) is 3.34. The number of nitrogens with zero attached hydrogens (tertiary/aromatic N) is 5. The number of amides is 1. The molecule has 1 saturated heterocycles. The molecule has 0 saturated carbocycles. The number of carbonyl (C=O) groups is 1. The molecule has 0 spiro atoms. The fraction of sp³-hybridized carbons (Fsp3) is 0.375. The Morgan fingerprint density at radius 3 is 2.89 bits per heavy atom. The van der Waals surface area contributed by atoms with Gasteiger partial charge >= 0.3 is 6.01 Å². The first-order valence-electron chi connectivity index (χ1n) is 8.57. The number of aromatic nitrogens is 4. The molecule has 1 fully saturated rings. The van der Waals surface area contributed by atoms with Crippen molar-refractivity contribution < 1.29 is 17.6 Å². The Morgan fingerprint density at radius 2 is 2.21 bits per heavy atom. The minimum absolute atomic E-state index is 0.0841. The van der Waals surface area contributed by atoms with Gasteiger partial charge in [0.15, 0.2) is 0 Å². The van der Waals surface area contributed by atoms with E-state index in [-0.39, 0.29) is 16.1 Å². The predicted molar refractivity (Wildman–Crippen MR) is 101 cm³/mol. The van der Waals surface area contributed by atoms with Crippen molar-refractivity contribution >= 4 is 33.3 Å². The Kier molecular flexibility index (Phi) is 4.77. The molecule has 1 N–H and O–H groups in total. The van der Waals surface area contributed by atoms with Gasteiger partial charge in [-0.2, -0.15) is 9.40 Å². The highest BCUT2D eigenvalue weighted by atomic mass is 32.2. The van der Waals surface area contributed by atoms with Crippen LogP contribution < -0.4 is 5.32 Å². The second-order valence-electron chi connectivity index (χ2n) is 6.40. The number of carbonyl (C=O) groups excluding carboxylic acids is 1. The molecule has 3 aromatic heterocycles. The standard InChI is InChI=1S/C16H18N6O4S2/c1-10-9-12(21(2)20-10)15-18-19-16(26-15)17-14(23)11-5-3-7-22(11)28(24,25)13-6-4-8-27-13/h4,6,8-9,11H,3,5,7H2,1-2H3,(H,17,19,23). The van der Waals surface area contributed by atoms with Crippen LogP contribution in [0.2, 0.25) is 0 Å². The van der Waals surface area contributed by atoms with Gasteiger partial charge in [-0.3, -0.25) is 14.8 Å². The Balaban J connectivity index is 1.51. The van der Waals surface area contributed by atoms with Gasteiger partial charge in [-0.1, -0.05) is 11.2 Å². The first-order valence-corrected chi connectivity index (χ1v) is 10.9. The summed E-state index contributed by atoms with van der Waals surface area (Å²) < 4.78 is 34.1. The van der Waals surface area contributed by atoms with E-state index in [9.17, 15) is 13.2 Å². The molecule has 1 atom stereocenters. The smallest absolute Gasteiger partial charge is 0.322 e. The lowest BCUT2D eigenvalue weighted by Gasteiger charge is -2.21. The summed E-state index contributed by atoms with van der Waals surface area (Å²) in [7, 11) is -1.96. The van der Waals surface area contributed by atoms with E-state index in [1.807, 2.05) is 6.92 Å². The zero-order valence-corrected chi connectivity index (χ0v) is 16.8. The van der Waals surface area contributed by atoms with Crippen molar-refractivity contribution in [3.63, 3.8) is 0 Å². The summed E-state index contributed by atoms with van der Waals surface area (Å²) in [5, 5.41) is 16.2. The number of thiophene rings is 1. The van der Waals surface area contributed by atoms with Crippen LogP contribution in [-0.4, -0.2) is 51.2 Å². The highest BCUT2D eigenvalue weighted by Gasteiger charge is 2.40. The van der Waals surface area contributed by atoms with E-state index in [1.165, 1.54) is 10.4 Å². The lowest BCUT2D eigenvalue weighted by atomic mass is 10.2. The fourth-order valence-corrected chi connectivity index (χ4v) is 5.97. The van der Waals surface area contributed by atoms with Crippen molar-refractivity contribution in [3.8, 4) is 11.6 Å². The van der Waals surface area contributed by atoms with Crippen molar-refractivity contribution in [1.29, 1.82) is 0 Å². The molecule has 4 rings (SSSR count). The molecule has 1 amide bonds. The van der Waals surface area contributed by atoms with Gasteiger partial charge in [0.05, 0.1) is 5.69 Å². The second-order valence-corrected chi connectivity index (χ2v) is 9.47. The maximum Gasteiger partial charge on any atom is 0.322 e. The minimum atomic E-state index is -3.71. The largest absolute Gasteiger partial charge is 0.401 e. The summed E-state index contributed by atoms with van der Waals surface area (Å²) in [5.41, 5.74) is 1.41. The lowest BCUT2D eigenvalue weighted by Crippen LogP contribution is -2.42. The normalized spacial score (nSPS) is 17.9. The summed E-state index contributed by atoms with van der Waals surface area (Å²) >= 11 is 1.13. The summed E-state index contributed by atoms with van der Waals surface area (Å²) in [6, 6.07) is 4.09. The summed E-state index contributed by atoms with van der Waals surface area (Å²) in [6.45, 7) is 2.13. The number of hydrogen-bond donors (Lipinski definition) is 1. The van der Waals surface area contributed by atoms with E-state index >= 15 is 0 Å². The number of rotatable bonds is 5. The van der Waals surface area contributed by atoms with E-state index in [0.717, 1.165) is 17.0 Å². The zero-order valence-electron chi connectivity index (χ0n) is 15.2. The van der Waals surface area contributed by atoms with Gasteiger partial charge in [-0.05, 0) is 37.3 Å². The first-order chi connectivity index (χ1) is 13.4. The third-order valence-electron chi connectivity index (χ3n) is 4.44. The SMILES string of the molecule is Cc1cc(-c2nnc(NC(=O)C3CCCN3S(=O)(=O)c3cccs3)o2)n(C)n1. The van der Waals surface area contributed by atoms with Crippen LogP contribution in [-0.2, 0) is 21.9 Å². The Labute approximate surface area is 165 Å². The molecule has 3 aromatic rings. The number of sulfonamides is 1. The number of aryl methyl sites for hydroxylation is 2. The summed E-state index contributed by atoms with van der Waals surface area (Å²) in [5.74, 6) is -0.276. The molecule has 1 aliphatic rings. The van der Waals surface area contributed by atoms with Gasteiger partial charge in [0.2, 0.25) is 5.91 Å². The van der Waals surface area contributed by atoms with Gasteiger partial charge in [0, 0.05) is 13.6 Å². The molecular weight excluding hydrogens is 404 g/mol. The predicted octanol–water partition coefficient (Wildman–Crippen LogP) is 1.63. The van der Waals surface area contributed by atoms with Crippen LogP contribution in [0.3, 0.4) is 0 Å². The van der Waals surface area contributed by atoms with Gasteiger partial charge in [-0.25, -0.2) is 8.42 Å². The summed E-state index contributed by atoms with van der Waals surface area (Å²) in [4.78, 5) is 12.7. The highest BCUT2D eigenvalue weighted by molar-refractivity contribution is 7.91. The average Bonchev–Trinajstić information content (AvgIpc) is 3.42. The van der Waals surface area contributed by atoms with Crippen LogP contribution in [0.15, 0.2) is 32.2 Å². The molecule has 28 heavy (non-hydrogen) atoms. The van der Waals surface area contributed by atoms with Gasteiger partial charge in [0.1, 0.15) is 15.9 Å². The van der Waals surface area contributed by atoms with E-state index in [1.54, 1.807) is 29.2 Å². The van der Waals surface area contributed by atoms with Crippen LogP contribution in [0.1, 0.15) is 18.5 Å². The van der Waals surface area contributed by atoms with Gasteiger partial charge in [-0.15, -0.1) is 16.4 Å². The Morgan fingerprint density at radius 1 is 1.39 bits per heavy atom. The molecular formula is C16H18N6O4S2. The van der Waals surface area contributed by atoms with E-state index in [0.29, 0.717) is 25.1 Å². The van der Waals surface area contributed by atoms with Crippen LogP contribution in [0, 0.1) is 6.92 Å². The van der Waals surface area contributed by atoms with Crippen molar-refractivity contribution in [1.82, 2.24) is 24.3 Å². The number of nitrogens with one attached hydrogen (secondary N) is 1. The van der Waals surface area contributed by atoms with Crippen molar-refractivity contribution in [2.24, 2.45) is 7.05 Å². The van der Waals surface area contributed by atoms with Crippen LogP contribution in [0.25, 0.3) is 11.6 Å². The number of anilines is 1. The molecule has 12 heteroatoms. The molecule has 4 heterocycles. The molecule has 10 nitrogen and oxygen atoms in total. The van der Waals surface area contributed by atoms with Crippen molar-refractivity contribution in [2.75, 3.05) is 11.9 Å². The van der Waals surface area contributed by atoms with E-state index < -0.39 is 22.0 Å². The third-order valence-corrected chi connectivity index (χ3v) is 7.72. The fourth-order valence-electron chi connectivity index (χ4n) is 3.19. The van der Waals surface area contributed by atoms with Crippen LogP contribution in [0.4, 0.5) is 6.01 Å². The minimum Gasteiger partial charge on any atom is -0.401 e. The van der Waals surface area contributed by atoms with E-state index in [4.69, 9.17) is 4.42 Å². The molecule has 0 radical (unpaired) electrons. The van der Waals surface area contributed by atoms with Crippen molar-refractivity contribution in [3.05, 3.63) is 29.3 Å². The maximum absolute atomic E-state index is 12.8.